The van der Waals surface area contributed by atoms with E-state index in [1.807, 2.05) is 12.1 Å². The van der Waals surface area contributed by atoms with Gasteiger partial charge in [-0.3, -0.25) is 0 Å². The van der Waals surface area contributed by atoms with Gasteiger partial charge < -0.3 is 14.7 Å². The largest absolute Gasteiger partial charge is 0.491 e. The molecule has 0 saturated carbocycles. The van der Waals surface area contributed by atoms with Crippen molar-refractivity contribution in [2.75, 3.05) is 26.2 Å². The van der Waals surface area contributed by atoms with E-state index in [2.05, 4.69) is 37.8 Å². The standard InChI is InChI=1S/C19H31NO2/c1-4-16(3)18-9-5-6-10-19(18)22-14-17(21)13-20-11-7-8-15(2)12-20/h5-6,9-10,15-17,21H,4,7-8,11-14H2,1-3H3/t15-,16-,17-/m0/s1. The second-order valence-electron chi connectivity index (χ2n) is 6.82. The van der Waals surface area contributed by atoms with Gasteiger partial charge in [-0.25, -0.2) is 0 Å². The number of rotatable bonds is 7. The molecule has 1 fully saturated rings. The summed E-state index contributed by atoms with van der Waals surface area (Å²) in [6.07, 6.45) is 3.22. The zero-order chi connectivity index (χ0) is 15.9. The first-order chi connectivity index (χ1) is 10.6. The molecule has 1 heterocycles. The molecule has 1 saturated heterocycles. The van der Waals surface area contributed by atoms with Gasteiger partial charge >= 0.3 is 0 Å². The molecule has 1 aliphatic rings. The molecule has 0 aliphatic carbocycles. The van der Waals surface area contributed by atoms with Crippen molar-refractivity contribution < 1.29 is 9.84 Å². The van der Waals surface area contributed by atoms with Crippen LogP contribution in [0.5, 0.6) is 5.75 Å². The van der Waals surface area contributed by atoms with Crippen LogP contribution in [0.3, 0.4) is 0 Å². The molecule has 1 aromatic rings. The van der Waals surface area contributed by atoms with Gasteiger partial charge in [0.25, 0.3) is 0 Å². The fraction of sp³-hybridized carbons (Fsp3) is 0.684. The summed E-state index contributed by atoms with van der Waals surface area (Å²) in [5, 5.41) is 10.3. The molecular weight excluding hydrogens is 274 g/mol. The van der Waals surface area contributed by atoms with E-state index in [-0.39, 0.29) is 0 Å². The van der Waals surface area contributed by atoms with Crippen LogP contribution in [-0.2, 0) is 0 Å². The molecule has 1 N–H and O–H groups in total. The first kappa shape index (κ1) is 17.3. The highest BCUT2D eigenvalue weighted by Gasteiger charge is 2.19. The molecule has 2 rings (SSSR count). The molecule has 0 amide bonds. The number of likely N-dealkylation sites (tertiary alicyclic amines) is 1. The fourth-order valence-electron chi connectivity index (χ4n) is 3.23. The zero-order valence-electron chi connectivity index (χ0n) is 14.3. The second-order valence-corrected chi connectivity index (χ2v) is 6.82. The van der Waals surface area contributed by atoms with Crippen molar-refractivity contribution in [3.63, 3.8) is 0 Å². The number of hydrogen-bond donors (Lipinski definition) is 1. The molecule has 3 nitrogen and oxygen atoms in total. The molecule has 22 heavy (non-hydrogen) atoms. The Morgan fingerprint density at radius 1 is 1.36 bits per heavy atom. The summed E-state index contributed by atoms with van der Waals surface area (Å²) in [5.74, 6) is 2.15. The van der Waals surface area contributed by atoms with Gasteiger partial charge in [-0.05, 0) is 49.3 Å². The van der Waals surface area contributed by atoms with Crippen molar-refractivity contribution in [2.24, 2.45) is 5.92 Å². The maximum atomic E-state index is 10.3. The number of para-hydroxylation sites is 1. The third-order valence-corrected chi connectivity index (χ3v) is 4.70. The Balaban J connectivity index is 1.84. The Morgan fingerprint density at radius 3 is 2.86 bits per heavy atom. The number of β-amino-alcohol motifs (C(OH)–C–C–N with tert-alkyl or cyclic N) is 1. The van der Waals surface area contributed by atoms with Crippen molar-refractivity contribution in [2.45, 2.75) is 52.1 Å². The zero-order valence-corrected chi connectivity index (χ0v) is 14.3. The Morgan fingerprint density at radius 2 is 2.14 bits per heavy atom. The smallest absolute Gasteiger partial charge is 0.122 e. The number of benzene rings is 1. The number of piperidine rings is 1. The maximum Gasteiger partial charge on any atom is 0.122 e. The highest BCUT2D eigenvalue weighted by Crippen LogP contribution is 2.28. The van der Waals surface area contributed by atoms with Crippen LogP contribution in [0.2, 0.25) is 0 Å². The number of aliphatic hydroxyl groups is 1. The monoisotopic (exact) mass is 305 g/mol. The Hall–Kier alpha value is -1.06. The summed E-state index contributed by atoms with van der Waals surface area (Å²) in [7, 11) is 0. The summed E-state index contributed by atoms with van der Waals surface area (Å²) < 4.78 is 5.91. The summed E-state index contributed by atoms with van der Waals surface area (Å²) in [6, 6.07) is 8.19. The van der Waals surface area contributed by atoms with Crippen molar-refractivity contribution in [1.82, 2.24) is 4.90 Å². The summed E-state index contributed by atoms with van der Waals surface area (Å²) in [6.45, 7) is 9.98. The van der Waals surface area contributed by atoms with Crippen LogP contribution < -0.4 is 4.74 Å². The number of nitrogens with zero attached hydrogens (tertiary/aromatic N) is 1. The molecular formula is C19H31NO2. The molecule has 1 aliphatic heterocycles. The van der Waals surface area contributed by atoms with Crippen LogP contribution in [0, 0.1) is 5.92 Å². The molecule has 0 aromatic heterocycles. The minimum atomic E-state index is -0.421. The van der Waals surface area contributed by atoms with Gasteiger partial charge in [0.05, 0.1) is 0 Å². The van der Waals surface area contributed by atoms with Gasteiger partial charge in [-0.2, -0.15) is 0 Å². The number of hydrogen-bond acceptors (Lipinski definition) is 3. The van der Waals surface area contributed by atoms with Gasteiger partial charge in [0.15, 0.2) is 0 Å². The Bertz CT molecular complexity index is 449. The van der Waals surface area contributed by atoms with E-state index in [0.717, 1.165) is 37.7 Å². The Labute approximate surface area is 135 Å². The second kappa shape index (κ2) is 8.54. The van der Waals surface area contributed by atoms with Gasteiger partial charge in [0.1, 0.15) is 18.5 Å². The lowest BCUT2D eigenvalue weighted by Gasteiger charge is -2.32. The summed E-state index contributed by atoms with van der Waals surface area (Å²) in [4.78, 5) is 2.36. The lowest BCUT2D eigenvalue weighted by Crippen LogP contribution is -2.41. The van der Waals surface area contributed by atoms with E-state index in [1.165, 1.54) is 18.4 Å². The average Bonchev–Trinajstić information content (AvgIpc) is 2.52. The van der Waals surface area contributed by atoms with E-state index in [9.17, 15) is 5.11 Å². The van der Waals surface area contributed by atoms with E-state index in [0.29, 0.717) is 12.5 Å². The van der Waals surface area contributed by atoms with Crippen LogP contribution in [0.4, 0.5) is 0 Å². The lowest BCUT2D eigenvalue weighted by molar-refractivity contribution is 0.0534. The molecule has 0 radical (unpaired) electrons. The maximum absolute atomic E-state index is 10.3. The van der Waals surface area contributed by atoms with E-state index >= 15 is 0 Å². The molecule has 0 unspecified atom stereocenters. The fourth-order valence-corrected chi connectivity index (χ4v) is 3.23. The summed E-state index contributed by atoms with van der Waals surface area (Å²) in [5.41, 5.74) is 1.24. The van der Waals surface area contributed by atoms with Gasteiger partial charge in [0, 0.05) is 13.1 Å². The SMILES string of the molecule is CC[C@H](C)c1ccccc1OC[C@@H](O)CN1CCC[C@H](C)C1. The molecule has 3 atom stereocenters. The minimum Gasteiger partial charge on any atom is -0.491 e. The third kappa shape index (κ3) is 4.99. The van der Waals surface area contributed by atoms with Gasteiger partial charge in [-0.15, -0.1) is 0 Å². The van der Waals surface area contributed by atoms with Crippen molar-refractivity contribution in [3.05, 3.63) is 29.8 Å². The topological polar surface area (TPSA) is 32.7 Å². The van der Waals surface area contributed by atoms with Crippen molar-refractivity contribution >= 4 is 0 Å². The van der Waals surface area contributed by atoms with Crippen LogP contribution in [0.15, 0.2) is 24.3 Å². The number of aliphatic hydroxyl groups excluding tert-OH is 1. The quantitative estimate of drug-likeness (QED) is 0.834. The first-order valence-electron chi connectivity index (χ1n) is 8.72. The predicted molar refractivity (Wildman–Crippen MR) is 91.5 cm³/mol. The predicted octanol–water partition coefficient (Wildman–Crippen LogP) is 3.67. The summed E-state index contributed by atoms with van der Waals surface area (Å²) >= 11 is 0. The van der Waals surface area contributed by atoms with E-state index in [1.54, 1.807) is 0 Å². The van der Waals surface area contributed by atoms with E-state index in [4.69, 9.17) is 4.74 Å². The number of ether oxygens (including phenoxy) is 1. The molecule has 124 valence electrons. The molecule has 0 bridgehead atoms. The van der Waals surface area contributed by atoms with Crippen LogP contribution >= 0.6 is 0 Å². The third-order valence-electron chi connectivity index (χ3n) is 4.70. The van der Waals surface area contributed by atoms with Crippen LogP contribution in [0.25, 0.3) is 0 Å². The first-order valence-corrected chi connectivity index (χ1v) is 8.72. The molecule has 3 heteroatoms. The van der Waals surface area contributed by atoms with Gasteiger partial charge in [-0.1, -0.05) is 39.0 Å². The Kier molecular flexibility index (Phi) is 6.71. The molecule has 1 aromatic carbocycles. The molecule has 0 spiro atoms. The van der Waals surface area contributed by atoms with Crippen molar-refractivity contribution in [3.8, 4) is 5.75 Å². The highest BCUT2D eigenvalue weighted by molar-refractivity contribution is 5.35. The highest BCUT2D eigenvalue weighted by atomic mass is 16.5. The normalized spacial score (nSPS) is 22.3. The van der Waals surface area contributed by atoms with Gasteiger partial charge in [0.2, 0.25) is 0 Å². The minimum absolute atomic E-state index is 0.373. The lowest BCUT2D eigenvalue weighted by atomic mass is 9.98. The van der Waals surface area contributed by atoms with Crippen molar-refractivity contribution in [1.29, 1.82) is 0 Å². The van der Waals surface area contributed by atoms with Crippen LogP contribution in [0.1, 0.15) is 51.5 Å². The average molecular weight is 305 g/mol. The van der Waals surface area contributed by atoms with Crippen LogP contribution in [-0.4, -0.2) is 42.4 Å². The van der Waals surface area contributed by atoms with E-state index < -0.39 is 6.10 Å².